The second kappa shape index (κ2) is 8.27. The van der Waals surface area contributed by atoms with Gasteiger partial charge in [0.15, 0.2) is 5.92 Å². The molecule has 0 aliphatic carbocycles. The lowest BCUT2D eigenvalue weighted by atomic mass is 9.83. The van der Waals surface area contributed by atoms with Crippen LogP contribution in [-0.4, -0.2) is 29.7 Å². The summed E-state index contributed by atoms with van der Waals surface area (Å²) >= 11 is 0. The number of hydrogen-bond donors (Lipinski definition) is 1. The molecule has 0 spiro atoms. The molecule has 2 aromatic carbocycles. The van der Waals surface area contributed by atoms with Crippen LogP contribution in [0.5, 0.6) is 0 Å². The third-order valence-electron chi connectivity index (χ3n) is 4.67. The average molecular weight is 389 g/mol. The van der Waals surface area contributed by atoms with Crippen molar-refractivity contribution in [1.82, 2.24) is 0 Å². The van der Waals surface area contributed by atoms with Crippen LogP contribution in [0.4, 0.5) is 5.69 Å². The fourth-order valence-corrected chi connectivity index (χ4v) is 3.40. The van der Waals surface area contributed by atoms with Gasteiger partial charge in [0, 0.05) is 11.3 Å². The van der Waals surface area contributed by atoms with Gasteiger partial charge in [0.05, 0.1) is 29.5 Å². The molecule has 2 aromatic rings. The van der Waals surface area contributed by atoms with E-state index in [9.17, 15) is 14.9 Å². The maximum Gasteiger partial charge on any atom is 0.338 e. The quantitative estimate of drug-likeness (QED) is 0.788. The van der Waals surface area contributed by atoms with Gasteiger partial charge in [-0.05, 0) is 57.0 Å². The Hall–Kier alpha value is -3.46. The first-order chi connectivity index (χ1) is 13.8. The number of ether oxygens (including phenoxy) is 1. The number of aliphatic imine (C=N–C) groups is 1. The summed E-state index contributed by atoms with van der Waals surface area (Å²) in [7, 11) is 0. The predicted molar refractivity (Wildman–Crippen MR) is 111 cm³/mol. The molecule has 1 N–H and O–H groups in total. The molecule has 1 aliphatic heterocycles. The highest BCUT2D eigenvalue weighted by atomic mass is 16.5. The van der Waals surface area contributed by atoms with E-state index in [0.717, 1.165) is 17.5 Å². The molecule has 1 heterocycles. The minimum absolute atomic E-state index is 0.293. The zero-order valence-electron chi connectivity index (χ0n) is 16.7. The molecule has 0 saturated carbocycles. The van der Waals surface area contributed by atoms with Gasteiger partial charge in [0.25, 0.3) is 0 Å². The van der Waals surface area contributed by atoms with Crippen LogP contribution in [0.1, 0.15) is 42.3 Å². The SMILES string of the molecule is CCOC(=O)c1ccc(NC(=O)[C@@H](C#N)C2=NC(C)(C)Cc3ccccc32)cc1. The van der Waals surface area contributed by atoms with E-state index in [1.165, 1.54) is 0 Å². The molecule has 0 bridgehead atoms. The van der Waals surface area contributed by atoms with Crippen LogP contribution in [0.3, 0.4) is 0 Å². The molecule has 29 heavy (non-hydrogen) atoms. The van der Waals surface area contributed by atoms with Gasteiger partial charge in [-0.1, -0.05) is 24.3 Å². The summed E-state index contributed by atoms with van der Waals surface area (Å²) < 4.78 is 4.95. The average Bonchev–Trinajstić information content (AvgIpc) is 2.68. The monoisotopic (exact) mass is 389 g/mol. The lowest BCUT2D eigenvalue weighted by Gasteiger charge is -2.30. The topological polar surface area (TPSA) is 91.5 Å². The lowest BCUT2D eigenvalue weighted by molar-refractivity contribution is -0.116. The van der Waals surface area contributed by atoms with Gasteiger partial charge in [-0.25, -0.2) is 4.79 Å². The number of anilines is 1. The van der Waals surface area contributed by atoms with Crippen LogP contribution in [0.15, 0.2) is 53.5 Å². The number of amides is 1. The molecule has 0 saturated heterocycles. The highest BCUT2D eigenvalue weighted by Gasteiger charge is 2.33. The first-order valence-electron chi connectivity index (χ1n) is 9.50. The molecule has 0 radical (unpaired) electrons. The second-order valence-corrected chi connectivity index (χ2v) is 7.49. The van der Waals surface area contributed by atoms with Gasteiger partial charge in [-0.15, -0.1) is 0 Å². The Morgan fingerprint density at radius 1 is 1.21 bits per heavy atom. The highest BCUT2D eigenvalue weighted by Crippen LogP contribution is 2.29. The molecular weight excluding hydrogens is 366 g/mol. The Bertz CT molecular complexity index is 1000. The number of nitrogens with zero attached hydrogens (tertiary/aromatic N) is 2. The number of nitrogens with one attached hydrogen (secondary N) is 1. The van der Waals surface area contributed by atoms with E-state index in [1.807, 2.05) is 38.1 Å². The van der Waals surface area contributed by atoms with Crippen LogP contribution in [0, 0.1) is 17.2 Å². The standard InChI is InChI=1S/C23H23N3O3/c1-4-29-22(28)15-9-11-17(12-10-15)25-21(27)19(14-24)20-18-8-6-5-7-16(18)13-23(2,3)26-20/h5-12,19H,4,13H2,1-3H3,(H,25,27)/t19-/m0/s1. The van der Waals surface area contributed by atoms with Crippen molar-refractivity contribution in [1.29, 1.82) is 5.26 Å². The number of esters is 1. The summed E-state index contributed by atoms with van der Waals surface area (Å²) in [6.45, 7) is 6.01. The minimum atomic E-state index is -1.04. The second-order valence-electron chi connectivity index (χ2n) is 7.49. The summed E-state index contributed by atoms with van der Waals surface area (Å²) in [5, 5.41) is 12.5. The van der Waals surface area contributed by atoms with Gasteiger partial charge in [-0.3, -0.25) is 9.79 Å². The number of carbonyl (C=O) groups is 2. The van der Waals surface area contributed by atoms with Crippen molar-refractivity contribution in [2.75, 3.05) is 11.9 Å². The molecule has 6 nitrogen and oxygen atoms in total. The molecule has 148 valence electrons. The first kappa shape index (κ1) is 20.3. The van der Waals surface area contributed by atoms with Crippen molar-refractivity contribution >= 4 is 23.3 Å². The molecular formula is C23H23N3O3. The van der Waals surface area contributed by atoms with Crippen molar-refractivity contribution in [2.45, 2.75) is 32.7 Å². The van der Waals surface area contributed by atoms with E-state index >= 15 is 0 Å². The zero-order chi connectivity index (χ0) is 21.0. The summed E-state index contributed by atoms with van der Waals surface area (Å²) in [5.41, 5.74) is 2.90. The molecule has 6 heteroatoms. The number of benzene rings is 2. The van der Waals surface area contributed by atoms with Gasteiger partial charge < -0.3 is 10.1 Å². The maximum atomic E-state index is 12.9. The fourth-order valence-electron chi connectivity index (χ4n) is 3.40. The molecule has 1 aliphatic rings. The van der Waals surface area contributed by atoms with Gasteiger partial charge in [-0.2, -0.15) is 5.26 Å². The third-order valence-corrected chi connectivity index (χ3v) is 4.67. The van der Waals surface area contributed by atoms with Crippen LogP contribution >= 0.6 is 0 Å². The van der Waals surface area contributed by atoms with Crippen LogP contribution in [0.2, 0.25) is 0 Å². The van der Waals surface area contributed by atoms with Gasteiger partial charge >= 0.3 is 5.97 Å². The number of rotatable bonds is 5. The van der Waals surface area contributed by atoms with E-state index in [1.54, 1.807) is 31.2 Å². The van der Waals surface area contributed by atoms with Crippen molar-refractivity contribution < 1.29 is 14.3 Å². The maximum absolute atomic E-state index is 12.9. The normalized spacial score (nSPS) is 15.3. The largest absolute Gasteiger partial charge is 0.462 e. The third kappa shape index (κ3) is 4.52. The summed E-state index contributed by atoms with van der Waals surface area (Å²) in [6, 6.07) is 16.2. The molecule has 1 atom stereocenters. The van der Waals surface area contributed by atoms with Gasteiger partial charge in [0.2, 0.25) is 5.91 Å². The summed E-state index contributed by atoms with van der Waals surface area (Å²) in [6.07, 6.45) is 0.752. The number of fused-ring (bicyclic) bond motifs is 1. The van der Waals surface area contributed by atoms with Crippen molar-refractivity contribution in [3.63, 3.8) is 0 Å². The Labute approximate surface area is 170 Å². The number of hydrogen-bond acceptors (Lipinski definition) is 5. The Morgan fingerprint density at radius 2 is 1.90 bits per heavy atom. The minimum Gasteiger partial charge on any atom is -0.462 e. The van der Waals surface area contributed by atoms with Crippen LogP contribution in [-0.2, 0) is 16.0 Å². The Kier molecular flexibility index (Phi) is 5.79. The predicted octanol–water partition coefficient (Wildman–Crippen LogP) is 3.77. The first-order valence-corrected chi connectivity index (χ1v) is 9.50. The smallest absolute Gasteiger partial charge is 0.338 e. The molecule has 0 fully saturated rings. The lowest BCUT2D eigenvalue weighted by Crippen LogP contribution is -2.36. The van der Waals surface area contributed by atoms with E-state index in [2.05, 4.69) is 11.4 Å². The van der Waals surface area contributed by atoms with Crippen LogP contribution < -0.4 is 5.32 Å². The van der Waals surface area contributed by atoms with E-state index in [-0.39, 0.29) is 5.54 Å². The fraction of sp³-hybridized carbons (Fsp3) is 0.304. The summed E-state index contributed by atoms with van der Waals surface area (Å²) in [5.74, 6) is -1.92. The van der Waals surface area contributed by atoms with Crippen molar-refractivity contribution in [2.24, 2.45) is 10.9 Å². The van der Waals surface area contributed by atoms with Gasteiger partial charge in [0.1, 0.15) is 0 Å². The van der Waals surface area contributed by atoms with Crippen LogP contribution in [0.25, 0.3) is 0 Å². The van der Waals surface area contributed by atoms with Crippen molar-refractivity contribution in [3.8, 4) is 6.07 Å². The molecule has 0 aromatic heterocycles. The Morgan fingerprint density at radius 3 is 2.55 bits per heavy atom. The van der Waals surface area contributed by atoms with E-state index in [0.29, 0.717) is 23.6 Å². The number of carbonyl (C=O) groups excluding carboxylic acids is 2. The van der Waals surface area contributed by atoms with E-state index < -0.39 is 17.8 Å². The van der Waals surface area contributed by atoms with E-state index in [4.69, 9.17) is 9.73 Å². The molecule has 3 rings (SSSR count). The van der Waals surface area contributed by atoms with Crippen molar-refractivity contribution in [3.05, 3.63) is 65.2 Å². The number of nitriles is 1. The summed E-state index contributed by atoms with van der Waals surface area (Å²) in [4.78, 5) is 29.3. The Balaban J connectivity index is 1.83. The zero-order valence-corrected chi connectivity index (χ0v) is 16.7. The molecule has 1 amide bonds. The highest BCUT2D eigenvalue weighted by molar-refractivity contribution is 6.19. The molecule has 0 unspecified atom stereocenters.